The van der Waals surface area contributed by atoms with E-state index < -0.39 is 11.4 Å². The number of aromatic nitrogens is 1. The normalized spacial score (nSPS) is 11.9. The standard InChI is InChI=1S/C28H31NO3/c1-19(2)22-11-13-23(14-12-22)26(30)25-16-20(3)18-29(25)15-7-9-21-8-6-10-24(17-21)28(4,5)27(31)32/h6-14,16-19H,15H2,1-5H3,(H,31,32). The third-order valence-corrected chi connectivity index (χ3v) is 5.86. The second-order valence-electron chi connectivity index (χ2n) is 9.12. The lowest BCUT2D eigenvalue weighted by atomic mass is 9.84. The Morgan fingerprint density at radius 1 is 1.06 bits per heavy atom. The fourth-order valence-corrected chi connectivity index (χ4v) is 3.62. The van der Waals surface area contributed by atoms with Gasteiger partial charge in [0.25, 0.3) is 0 Å². The number of ketones is 1. The smallest absolute Gasteiger partial charge is 0.313 e. The summed E-state index contributed by atoms with van der Waals surface area (Å²) in [6.07, 6.45) is 5.93. The zero-order valence-electron chi connectivity index (χ0n) is 19.4. The molecule has 1 heterocycles. The molecule has 0 saturated carbocycles. The first-order valence-electron chi connectivity index (χ1n) is 10.9. The van der Waals surface area contributed by atoms with Gasteiger partial charge in [0.15, 0.2) is 0 Å². The van der Waals surface area contributed by atoms with Crippen molar-refractivity contribution < 1.29 is 14.7 Å². The molecule has 0 radical (unpaired) electrons. The highest BCUT2D eigenvalue weighted by Gasteiger charge is 2.29. The summed E-state index contributed by atoms with van der Waals surface area (Å²) in [5, 5.41) is 9.48. The zero-order chi connectivity index (χ0) is 23.5. The molecule has 0 atom stereocenters. The molecule has 166 valence electrons. The lowest BCUT2D eigenvalue weighted by molar-refractivity contribution is -0.142. The van der Waals surface area contributed by atoms with Crippen LogP contribution in [0.1, 0.15) is 71.9 Å². The molecular formula is C28H31NO3. The highest BCUT2D eigenvalue weighted by molar-refractivity contribution is 6.08. The van der Waals surface area contributed by atoms with E-state index in [4.69, 9.17) is 0 Å². The molecule has 2 aromatic carbocycles. The number of carboxylic acids is 1. The van der Waals surface area contributed by atoms with Crippen LogP contribution in [-0.4, -0.2) is 21.4 Å². The fraction of sp³-hybridized carbons (Fsp3) is 0.286. The van der Waals surface area contributed by atoms with E-state index in [1.165, 1.54) is 5.56 Å². The molecule has 1 aromatic heterocycles. The van der Waals surface area contributed by atoms with Gasteiger partial charge in [-0.3, -0.25) is 9.59 Å². The van der Waals surface area contributed by atoms with Crippen molar-refractivity contribution in [3.63, 3.8) is 0 Å². The summed E-state index contributed by atoms with van der Waals surface area (Å²) < 4.78 is 1.95. The maximum absolute atomic E-state index is 13.1. The van der Waals surface area contributed by atoms with Gasteiger partial charge in [0, 0.05) is 18.3 Å². The topological polar surface area (TPSA) is 59.3 Å². The molecule has 1 N–H and O–H groups in total. The quantitative estimate of drug-likeness (QED) is 0.432. The van der Waals surface area contributed by atoms with Crippen molar-refractivity contribution in [1.82, 2.24) is 4.57 Å². The number of aryl methyl sites for hydroxylation is 1. The Labute approximate surface area is 190 Å². The number of carbonyl (C=O) groups is 2. The molecule has 0 saturated heterocycles. The number of aliphatic carboxylic acids is 1. The van der Waals surface area contributed by atoms with E-state index in [9.17, 15) is 14.7 Å². The first-order chi connectivity index (χ1) is 15.1. The van der Waals surface area contributed by atoms with Crippen LogP contribution >= 0.6 is 0 Å². The summed E-state index contributed by atoms with van der Waals surface area (Å²) in [4.78, 5) is 24.7. The van der Waals surface area contributed by atoms with Crippen molar-refractivity contribution >= 4 is 17.8 Å². The van der Waals surface area contributed by atoms with Crippen molar-refractivity contribution in [3.8, 4) is 0 Å². The van der Waals surface area contributed by atoms with Crippen molar-refractivity contribution in [2.75, 3.05) is 0 Å². The minimum absolute atomic E-state index is 0.00649. The Hall–Kier alpha value is -3.40. The second kappa shape index (κ2) is 9.39. The minimum atomic E-state index is -0.952. The maximum Gasteiger partial charge on any atom is 0.313 e. The number of nitrogens with zero attached hydrogens (tertiary/aromatic N) is 1. The van der Waals surface area contributed by atoms with E-state index in [2.05, 4.69) is 13.8 Å². The van der Waals surface area contributed by atoms with Crippen LogP contribution in [-0.2, 0) is 16.8 Å². The van der Waals surface area contributed by atoms with Crippen LogP contribution in [0.2, 0.25) is 0 Å². The average molecular weight is 430 g/mol. The van der Waals surface area contributed by atoms with Gasteiger partial charge < -0.3 is 9.67 Å². The largest absolute Gasteiger partial charge is 0.481 e. The Bertz CT molecular complexity index is 1150. The molecule has 0 spiro atoms. The van der Waals surface area contributed by atoms with E-state index in [0.717, 1.165) is 16.7 Å². The molecule has 0 bridgehead atoms. The fourth-order valence-electron chi connectivity index (χ4n) is 3.62. The van der Waals surface area contributed by atoms with Crippen LogP contribution in [0.3, 0.4) is 0 Å². The van der Waals surface area contributed by atoms with Gasteiger partial charge in [0.1, 0.15) is 0 Å². The van der Waals surface area contributed by atoms with Gasteiger partial charge in [0.2, 0.25) is 5.78 Å². The lowest BCUT2D eigenvalue weighted by Crippen LogP contribution is -2.28. The first kappa shape index (κ1) is 23.3. The molecular weight excluding hydrogens is 398 g/mol. The van der Waals surface area contributed by atoms with E-state index in [0.29, 0.717) is 23.7 Å². The van der Waals surface area contributed by atoms with Crippen LogP contribution in [0, 0.1) is 6.92 Å². The summed E-state index contributed by atoms with van der Waals surface area (Å²) in [6, 6.07) is 17.3. The number of carboxylic acid groups (broad SMARTS) is 1. The van der Waals surface area contributed by atoms with Crippen LogP contribution in [0.4, 0.5) is 0 Å². The summed E-state index contributed by atoms with van der Waals surface area (Å²) in [6.45, 7) is 10.2. The zero-order valence-corrected chi connectivity index (χ0v) is 19.4. The van der Waals surface area contributed by atoms with Gasteiger partial charge in [-0.1, -0.05) is 74.5 Å². The molecule has 32 heavy (non-hydrogen) atoms. The maximum atomic E-state index is 13.1. The van der Waals surface area contributed by atoms with Crippen molar-refractivity contribution in [2.45, 2.75) is 52.5 Å². The molecule has 4 nitrogen and oxygen atoms in total. The van der Waals surface area contributed by atoms with Crippen LogP contribution < -0.4 is 0 Å². The first-order valence-corrected chi connectivity index (χ1v) is 10.9. The summed E-state index contributed by atoms with van der Waals surface area (Å²) in [7, 11) is 0. The number of hydrogen-bond acceptors (Lipinski definition) is 2. The Balaban J connectivity index is 1.79. The van der Waals surface area contributed by atoms with Crippen molar-refractivity contribution in [2.24, 2.45) is 0 Å². The number of hydrogen-bond donors (Lipinski definition) is 1. The van der Waals surface area contributed by atoms with Gasteiger partial charge in [-0.2, -0.15) is 0 Å². The summed E-state index contributed by atoms with van der Waals surface area (Å²) in [5.41, 5.74) is 4.32. The lowest BCUT2D eigenvalue weighted by Gasteiger charge is -2.19. The number of benzene rings is 2. The predicted molar refractivity (Wildman–Crippen MR) is 129 cm³/mol. The third kappa shape index (κ3) is 5.08. The van der Waals surface area contributed by atoms with Gasteiger partial charge in [-0.05, 0) is 55.0 Å². The molecule has 4 heteroatoms. The van der Waals surface area contributed by atoms with Gasteiger partial charge in [0.05, 0.1) is 11.1 Å². The molecule has 0 fully saturated rings. The van der Waals surface area contributed by atoms with Crippen molar-refractivity contribution in [1.29, 1.82) is 0 Å². The Morgan fingerprint density at radius 3 is 2.38 bits per heavy atom. The predicted octanol–water partition coefficient (Wildman–Crippen LogP) is 6.23. The average Bonchev–Trinajstić information content (AvgIpc) is 3.13. The molecule has 3 rings (SSSR count). The van der Waals surface area contributed by atoms with E-state index in [-0.39, 0.29) is 5.78 Å². The van der Waals surface area contributed by atoms with Crippen LogP contribution in [0.15, 0.2) is 66.9 Å². The highest BCUT2D eigenvalue weighted by atomic mass is 16.4. The van der Waals surface area contributed by atoms with E-state index >= 15 is 0 Å². The Kier molecular flexibility index (Phi) is 6.83. The van der Waals surface area contributed by atoms with Gasteiger partial charge >= 0.3 is 5.97 Å². The van der Waals surface area contributed by atoms with Gasteiger partial charge in [-0.15, -0.1) is 0 Å². The van der Waals surface area contributed by atoms with E-state index in [1.54, 1.807) is 13.8 Å². The third-order valence-electron chi connectivity index (χ3n) is 5.86. The van der Waals surface area contributed by atoms with Crippen LogP contribution in [0.25, 0.3) is 6.08 Å². The second-order valence-corrected chi connectivity index (χ2v) is 9.12. The monoisotopic (exact) mass is 429 g/mol. The van der Waals surface area contributed by atoms with Crippen molar-refractivity contribution in [3.05, 3.63) is 100 Å². The van der Waals surface area contributed by atoms with E-state index in [1.807, 2.05) is 84.4 Å². The minimum Gasteiger partial charge on any atom is -0.481 e. The highest BCUT2D eigenvalue weighted by Crippen LogP contribution is 2.25. The SMILES string of the molecule is Cc1cc(C(=O)c2ccc(C(C)C)cc2)n(CC=Cc2cccc(C(C)(C)C(=O)O)c2)c1. The molecule has 0 amide bonds. The summed E-state index contributed by atoms with van der Waals surface area (Å²) >= 11 is 0. The number of allylic oxidation sites excluding steroid dienone is 1. The Morgan fingerprint density at radius 2 is 1.75 bits per heavy atom. The number of carbonyl (C=O) groups excluding carboxylic acids is 1. The number of rotatable bonds is 8. The van der Waals surface area contributed by atoms with Gasteiger partial charge in [-0.25, -0.2) is 0 Å². The molecule has 0 aliphatic rings. The summed E-state index contributed by atoms with van der Waals surface area (Å²) in [5.74, 6) is -0.423. The molecule has 3 aromatic rings. The molecule has 0 unspecified atom stereocenters. The molecule has 0 aliphatic heterocycles. The molecule has 0 aliphatic carbocycles. The van der Waals surface area contributed by atoms with Crippen LogP contribution in [0.5, 0.6) is 0 Å².